The van der Waals surface area contributed by atoms with E-state index >= 15 is 0 Å². The van der Waals surface area contributed by atoms with Gasteiger partial charge >= 0.3 is 0 Å². The zero-order valence-corrected chi connectivity index (χ0v) is 12.0. The minimum absolute atomic E-state index is 0.0338. The number of halogens is 3. The van der Waals surface area contributed by atoms with E-state index in [0.29, 0.717) is 17.3 Å². The fourth-order valence-corrected chi connectivity index (χ4v) is 2.48. The zero-order valence-electron chi connectivity index (χ0n) is 12.0. The topological polar surface area (TPSA) is 47.0 Å². The van der Waals surface area contributed by atoms with Gasteiger partial charge in [0.2, 0.25) is 0 Å². The number of aromatic nitrogens is 1. The SMILES string of the molecule is Cc1cc(CC2=CC(=O)c3cc(F)cc(F)c3C2=O)ncc1F. The number of carbonyl (C=O) groups excluding carboxylic acids is 2. The minimum Gasteiger partial charge on any atom is -0.289 e. The molecule has 0 saturated heterocycles. The summed E-state index contributed by atoms with van der Waals surface area (Å²) in [6.07, 6.45) is 2.02. The zero-order chi connectivity index (χ0) is 16.7. The molecule has 0 aliphatic heterocycles. The van der Waals surface area contributed by atoms with Crippen LogP contribution >= 0.6 is 0 Å². The van der Waals surface area contributed by atoms with Gasteiger partial charge < -0.3 is 0 Å². The number of pyridine rings is 1. The molecule has 1 heterocycles. The van der Waals surface area contributed by atoms with Crippen LogP contribution in [0.4, 0.5) is 13.2 Å². The second kappa shape index (κ2) is 5.46. The highest BCUT2D eigenvalue weighted by atomic mass is 19.1. The van der Waals surface area contributed by atoms with Crippen molar-refractivity contribution in [3.63, 3.8) is 0 Å². The quantitative estimate of drug-likeness (QED) is 0.853. The van der Waals surface area contributed by atoms with Crippen LogP contribution in [0.25, 0.3) is 0 Å². The van der Waals surface area contributed by atoms with E-state index in [1.807, 2.05) is 0 Å². The summed E-state index contributed by atoms with van der Waals surface area (Å²) in [4.78, 5) is 28.2. The second-order valence-corrected chi connectivity index (χ2v) is 5.27. The molecule has 0 unspecified atom stereocenters. The van der Waals surface area contributed by atoms with E-state index in [4.69, 9.17) is 0 Å². The largest absolute Gasteiger partial charge is 0.289 e. The molecule has 23 heavy (non-hydrogen) atoms. The van der Waals surface area contributed by atoms with E-state index < -0.39 is 34.6 Å². The van der Waals surface area contributed by atoms with Gasteiger partial charge in [0.05, 0.1) is 11.8 Å². The van der Waals surface area contributed by atoms with Gasteiger partial charge in [-0.15, -0.1) is 0 Å². The second-order valence-electron chi connectivity index (χ2n) is 5.27. The molecule has 1 aromatic heterocycles. The van der Waals surface area contributed by atoms with Gasteiger partial charge in [-0.3, -0.25) is 14.6 Å². The van der Waals surface area contributed by atoms with Gasteiger partial charge in [-0.25, -0.2) is 13.2 Å². The van der Waals surface area contributed by atoms with Crippen molar-refractivity contribution in [3.05, 3.63) is 75.9 Å². The average molecular weight is 317 g/mol. The van der Waals surface area contributed by atoms with Gasteiger partial charge in [0.1, 0.15) is 17.5 Å². The van der Waals surface area contributed by atoms with Crippen LogP contribution in [-0.2, 0) is 6.42 Å². The Hall–Kier alpha value is -2.76. The highest BCUT2D eigenvalue weighted by Gasteiger charge is 2.29. The summed E-state index contributed by atoms with van der Waals surface area (Å²) < 4.78 is 40.3. The lowest BCUT2D eigenvalue weighted by atomic mass is 9.87. The van der Waals surface area contributed by atoms with Gasteiger partial charge in [-0.05, 0) is 30.7 Å². The molecule has 0 saturated carbocycles. The van der Waals surface area contributed by atoms with E-state index in [1.165, 1.54) is 6.07 Å². The van der Waals surface area contributed by atoms with Crippen LogP contribution in [0, 0.1) is 24.4 Å². The lowest BCUT2D eigenvalue weighted by Crippen LogP contribution is -2.20. The smallest absolute Gasteiger partial charge is 0.193 e. The van der Waals surface area contributed by atoms with E-state index in [0.717, 1.165) is 18.3 Å². The van der Waals surface area contributed by atoms with Gasteiger partial charge in [-0.2, -0.15) is 0 Å². The molecule has 2 aromatic rings. The predicted molar refractivity (Wildman–Crippen MR) is 75.7 cm³/mol. The fourth-order valence-electron chi connectivity index (χ4n) is 2.48. The van der Waals surface area contributed by atoms with E-state index in [2.05, 4.69) is 4.98 Å². The first-order valence-corrected chi connectivity index (χ1v) is 6.76. The lowest BCUT2D eigenvalue weighted by molar-refractivity contribution is 0.0978. The van der Waals surface area contributed by atoms with Crippen LogP contribution < -0.4 is 0 Å². The Morgan fingerprint density at radius 2 is 1.78 bits per heavy atom. The number of allylic oxidation sites excluding steroid dienone is 2. The molecule has 3 rings (SSSR count). The molecule has 0 atom stereocenters. The Morgan fingerprint density at radius 1 is 1.04 bits per heavy atom. The summed E-state index contributed by atoms with van der Waals surface area (Å²) in [7, 11) is 0. The number of rotatable bonds is 2. The van der Waals surface area contributed by atoms with E-state index in [1.54, 1.807) is 6.92 Å². The summed E-state index contributed by atoms with van der Waals surface area (Å²) in [5.41, 5.74) is 0.0276. The number of benzene rings is 1. The van der Waals surface area contributed by atoms with Crippen LogP contribution in [-0.4, -0.2) is 16.6 Å². The summed E-state index contributed by atoms with van der Waals surface area (Å²) in [5.74, 6) is -3.82. The van der Waals surface area contributed by atoms with Crippen molar-refractivity contribution in [2.24, 2.45) is 0 Å². The summed E-state index contributed by atoms with van der Waals surface area (Å²) in [5, 5.41) is 0. The predicted octanol–water partition coefficient (Wildman–Crippen LogP) is 3.36. The van der Waals surface area contributed by atoms with Gasteiger partial charge in [0.25, 0.3) is 0 Å². The number of carbonyl (C=O) groups is 2. The highest BCUT2D eigenvalue weighted by Crippen LogP contribution is 2.26. The number of aryl methyl sites for hydroxylation is 1. The number of fused-ring (bicyclic) bond motifs is 1. The Labute approximate surface area is 129 Å². The Kier molecular flexibility index (Phi) is 3.60. The van der Waals surface area contributed by atoms with Crippen LogP contribution in [0.1, 0.15) is 32.0 Å². The van der Waals surface area contributed by atoms with Crippen LogP contribution in [0.2, 0.25) is 0 Å². The van der Waals surface area contributed by atoms with E-state index in [9.17, 15) is 22.8 Å². The summed E-state index contributed by atoms with van der Waals surface area (Å²) in [6.45, 7) is 1.54. The third kappa shape index (κ3) is 2.67. The minimum atomic E-state index is -1.08. The van der Waals surface area contributed by atoms with Crippen molar-refractivity contribution >= 4 is 11.6 Å². The van der Waals surface area contributed by atoms with Crippen molar-refractivity contribution in [2.45, 2.75) is 13.3 Å². The molecule has 116 valence electrons. The molecule has 1 aromatic carbocycles. The first-order valence-electron chi connectivity index (χ1n) is 6.76. The maximum atomic E-state index is 13.9. The number of nitrogens with zero attached hydrogens (tertiary/aromatic N) is 1. The number of Topliss-reactive ketones (excluding diaryl/α,β-unsaturated/α-hetero) is 1. The van der Waals surface area contributed by atoms with Crippen molar-refractivity contribution in [1.82, 2.24) is 4.98 Å². The number of hydrogen-bond acceptors (Lipinski definition) is 3. The van der Waals surface area contributed by atoms with Crippen molar-refractivity contribution in [3.8, 4) is 0 Å². The van der Waals surface area contributed by atoms with Crippen LogP contribution in [0.3, 0.4) is 0 Å². The number of ketones is 2. The molecule has 0 radical (unpaired) electrons. The van der Waals surface area contributed by atoms with Gasteiger partial charge in [-0.1, -0.05) is 0 Å². The normalized spacial score (nSPS) is 13.8. The first kappa shape index (κ1) is 15.1. The molecule has 3 nitrogen and oxygen atoms in total. The molecule has 1 aliphatic carbocycles. The molecule has 0 spiro atoms. The molecule has 0 bridgehead atoms. The molecular formula is C17H10F3NO2. The molecular weight excluding hydrogens is 307 g/mol. The molecule has 0 N–H and O–H groups in total. The Morgan fingerprint density at radius 3 is 2.48 bits per heavy atom. The lowest BCUT2D eigenvalue weighted by Gasteiger charge is -2.16. The average Bonchev–Trinajstić information content (AvgIpc) is 2.47. The van der Waals surface area contributed by atoms with E-state index in [-0.39, 0.29) is 17.6 Å². The summed E-state index contributed by atoms with van der Waals surface area (Å²) >= 11 is 0. The number of hydrogen-bond donors (Lipinski definition) is 0. The highest BCUT2D eigenvalue weighted by molar-refractivity contribution is 6.24. The van der Waals surface area contributed by atoms with Crippen molar-refractivity contribution in [1.29, 1.82) is 0 Å². The maximum absolute atomic E-state index is 13.9. The Balaban J connectivity index is 2.01. The van der Waals surface area contributed by atoms with Crippen LogP contribution in [0.15, 0.2) is 36.0 Å². The van der Waals surface area contributed by atoms with Gasteiger partial charge in [0.15, 0.2) is 11.6 Å². The fraction of sp³-hybridized carbons (Fsp3) is 0.118. The Bertz CT molecular complexity index is 888. The van der Waals surface area contributed by atoms with Crippen molar-refractivity contribution in [2.75, 3.05) is 0 Å². The first-order chi connectivity index (χ1) is 10.9. The third-order valence-corrected chi connectivity index (χ3v) is 3.62. The van der Waals surface area contributed by atoms with Crippen molar-refractivity contribution < 1.29 is 22.8 Å². The standard InChI is InChI=1S/C17H10F3NO2/c1-8-2-11(21-7-14(8)20)3-9-4-15(22)12-5-10(18)6-13(19)16(12)17(9)23/h2,4-7H,3H2,1H3. The monoisotopic (exact) mass is 317 g/mol. The van der Waals surface area contributed by atoms with Gasteiger partial charge in [0, 0.05) is 29.3 Å². The summed E-state index contributed by atoms with van der Waals surface area (Å²) in [6, 6.07) is 2.85. The molecule has 0 amide bonds. The molecule has 1 aliphatic rings. The maximum Gasteiger partial charge on any atom is 0.193 e. The third-order valence-electron chi connectivity index (χ3n) is 3.62. The molecule has 0 fully saturated rings. The van der Waals surface area contributed by atoms with Crippen LogP contribution in [0.5, 0.6) is 0 Å². The molecule has 6 heteroatoms.